The molecule has 0 aliphatic heterocycles. The van der Waals surface area contributed by atoms with Crippen molar-refractivity contribution < 1.29 is 15.0 Å². The SMILES string of the molecule is O=C(O)CCc1nccn1CCO. The fraction of sp³-hybridized carbons (Fsp3) is 0.500. The van der Waals surface area contributed by atoms with Gasteiger partial charge in [-0.1, -0.05) is 0 Å². The standard InChI is InChI=1S/C8H12N2O3/c11-6-5-10-4-3-9-7(10)1-2-8(12)13/h3-4,11H,1-2,5-6H2,(H,12,13). The molecule has 0 radical (unpaired) electrons. The summed E-state index contributed by atoms with van der Waals surface area (Å²) in [6.07, 6.45) is 3.81. The van der Waals surface area contributed by atoms with E-state index in [1.54, 1.807) is 17.0 Å². The molecule has 0 aliphatic carbocycles. The molecule has 1 aromatic heterocycles. The van der Waals surface area contributed by atoms with Crippen molar-refractivity contribution in [2.45, 2.75) is 19.4 Å². The summed E-state index contributed by atoms with van der Waals surface area (Å²) in [5, 5.41) is 17.1. The molecule has 0 aliphatic rings. The normalized spacial score (nSPS) is 10.2. The van der Waals surface area contributed by atoms with Crippen molar-refractivity contribution in [2.24, 2.45) is 0 Å². The first-order valence-electron chi connectivity index (χ1n) is 4.06. The van der Waals surface area contributed by atoms with Gasteiger partial charge in [0.2, 0.25) is 0 Å². The van der Waals surface area contributed by atoms with Gasteiger partial charge in [0, 0.05) is 25.4 Å². The number of carboxylic acid groups (broad SMARTS) is 1. The van der Waals surface area contributed by atoms with E-state index in [-0.39, 0.29) is 13.0 Å². The van der Waals surface area contributed by atoms with Crippen LogP contribution in [-0.4, -0.2) is 32.3 Å². The molecule has 13 heavy (non-hydrogen) atoms. The lowest BCUT2D eigenvalue weighted by Crippen LogP contribution is -2.08. The van der Waals surface area contributed by atoms with Crippen LogP contribution in [0.3, 0.4) is 0 Å². The first-order chi connectivity index (χ1) is 6.24. The summed E-state index contributed by atoms with van der Waals surface area (Å²) in [5.41, 5.74) is 0. The summed E-state index contributed by atoms with van der Waals surface area (Å²) in [6, 6.07) is 0. The summed E-state index contributed by atoms with van der Waals surface area (Å²) in [6.45, 7) is 0.505. The highest BCUT2D eigenvalue weighted by Crippen LogP contribution is 2.00. The van der Waals surface area contributed by atoms with Crippen molar-refractivity contribution in [1.29, 1.82) is 0 Å². The lowest BCUT2D eigenvalue weighted by Gasteiger charge is -2.03. The molecule has 0 aromatic carbocycles. The molecule has 0 spiro atoms. The van der Waals surface area contributed by atoms with Crippen LogP contribution >= 0.6 is 0 Å². The van der Waals surface area contributed by atoms with E-state index in [1.165, 1.54) is 0 Å². The fourth-order valence-electron chi connectivity index (χ4n) is 1.10. The molecule has 1 rings (SSSR count). The van der Waals surface area contributed by atoms with Crippen LogP contribution in [-0.2, 0) is 17.8 Å². The number of aliphatic carboxylic acids is 1. The second-order valence-corrected chi connectivity index (χ2v) is 2.65. The van der Waals surface area contributed by atoms with Gasteiger partial charge in [-0.3, -0.25) is 4.79 Å². The van der Waals surface area contributed by atoms with Gasteiger partial charge in [0.1, 0.15) is 5.82 Å². The largest absolute Gasteiger partial charge is 0.481 e. The molecular formula is C8H12N2O3. The lowest BCUT2D eigenvalue weighted by molar-refractivity contribution is -0.137. The van der Waals surface area contributed by atoms with Gasteiger partial charge in [-0.05, 0) is 0 Å². The van der Waals surface area contributed by atoms with Crippen LogP contribution < -0.4 is 0 Å². The number of carboxylic acids is 1. The summed E-state index contributed by atoms with van der Waals surface area (Å²) in [7, 11) is 0. The summed E-state index contributed by atoms with van der Waals surface area (Å²) < 4.78 is 1.75. The van der Waals surface area contributed by atoms with E-state index in [4.69, 9.17) is 10.2 Å². The Kier molecular flexibility index (Phi) is 3.45. The van der Waals surface area contributed by atoms with Gasteiger partial charge in [0.15, 0.2) is 0 Å². The molecule has 0 saturated heterocycles. The molecule has 1 heterocycles. The van der Waals surface area contributed by atoms with Crippen molar-refractivity contribution in [3.05, 3.63) is 18.2 Å². The van der Waals surface area contributed by atoms with Crippen molar-refractivity contribution >= 4 is 5.97 Å². The summed E-state index contributed by atoms with van der Waals surface area (Å²) in [4.78, 5) is 14.3. The third-order valence-electron chi connectivity index (χ3n) is 1.71. The van der Waals surface area contributed by atoms with Gasteiger partial charge in [0.25, 0.3) is 0 Å². The topological polar surface area (TPSA) is 75.3 Å². The van der Waals surface area contributed by atoms with Crippen molar-refractivity contribution in [3.8, 4) is 0 Å². The summed E-state index contributed by atoms with van der Waals surface area (Å²) >= 11 is 0. The lowest BCUT2D eigenvalue weighted by atomic mass is 10.3. The maximum absolute atomic E-state index is 10.3. The van der Waals surface area contributed by atoms with Crippen LogP contribution in [0.5, 0.6) is 0 Å². The van der Waals surface area contributed by atoms with Gasteiger partial charge in [-0.15, -0.1) is 0 Å². The van der Waals surface area contributed by atoms with Crippen LogP contribution in [0.1, 0.15) is 12.2 Å². The maximum Gasteiger partial charge on any atom is 0.303 e. The van der Waals surface area contributed by atoms with E-state index in [0.29, 0.717) is 18.8 Å². The first-order valence-corrected chi connectivity index (χ1v) is 4.06. The van der Waals surface area contributed by atoms with Crippen molar-refractivity contribution in [2.75, 3.05) is 6.61 Å². The Balaban J connectivity index is 2.54. The second-order valence-electron chi connectivity index (χ2n) is 2.65. The van der Waals surface area contributed by atoms with Gasteiger partial charge in [-0.2, -0.15) is 0 Å². The number of hydrogen-bond acceptors (Lipinski definition) is 3. The number of aliphatic hydroxyl groups is 1. The zero-order chi connectivity index (χ0) is 9.68. The second kappa shape index (κ2) is 4.61. The van der Waals surface area contributed by atoms with Crippen LogP contribution in [0.2, 0.25) is 0 Å². The quantitative estimate of drug-likeness (QED) is 0.669. The molecule has 0 fully saturated rings. The van der Waals surface area contributed by atoms with E-state index in [2.05, 4.69) is 4.98 Å². The third kappa shape index (κ3) is 2.87. The van der Waals surface area contributed by atoms with Crippen LogP contribution in [0, 0.1) is 0 Å². The Morgan fingerprint density at radius 2 is 2.38 bits per heavy atom. The number of aryl methyl sites for hydroxylation is 1. The van der Waals surface area contributed by atoms with E-state index < -0.39 is 5.97 Å². The van der Waals surface area contributed by atoms with E-state index in [1.807, 2.05) is 0 Å². The van der Waals surface area contributed by atoms with Crippen molar-refractivity contribution in [3.63, 3.8) is 0 Å². The Hall–Kier alpha value is -1.36. The third-order valence-corrected chi connectivity index (χ3v) is 1.71. The molecule has 2 N–H and O–H groups in total. The smallest absolute Gasteiger partial charge is 0.303 e. The van der Waals surface area contributed by atoms with Gasteiger partial charge < -0.3 is 14.8 Å². The van der Waals surface area contributed by atoms with Gasteiger partial charge >= 0.3 is 5.97 Å². The number of carbonyl (C=O) groups is 1. The highest BCUT2D eigenvalue weighted by molar-refractivity contribution is 5.66. The Labute approximate surface area is 75.6 Å². The Morgan fingerprint density at radius 1 is 1.62 bits per heavy atom. The highest BCUT2D eigenvalue weighted by Gasteiger charge is 2.04. The number of nitrogens with zero attached hydrogens (tertiary/aromatic N) is 2. The first kappa shape index (κ1) is 9.73. The Bertz CT molecular complexity index is 283. The predicted molar refractivity (Wildman–Crippen MR) is 45.3 cm³/mol. The maximum atomic E-state index is 10.3. The predicted octanol–water partition coefficient (Wildman–Crippen LogP) is -0.107. The zero-order valence-corrected chi connectivity index (χ0v) is 7.18. The molecular weight excluding hydrogens is 172 g/mol. The minimum Gasteiger partial charge on any atom is -0.481 e. The molecule has 5 nitrogen and oxygen atoms in total. The van der Waals surface area contributed by atoms with Crippen molar-refractivity contribution in [1.82, 2.24) is 9.55 Å². The van der Waals surface area contributed by atoms with Crippen LogP contribution in [0.15, 0.2) is 12.4 Å². The summed E-state index contributed by atoms with van der Waals surface area (Å²) in [5.74, 6) is -0.130. The highest BCUT2D eigenvalue weighted by atomic mass is 16.4. The molecule has 0 amide bonds. The molecule has 72 valence electrons. The number of rotatable bonds is 5. The number of aromatic nitrogens is 2. The average molecular weight is 184 g/mol. The van der Waals surface area contributed by atoms with E-state index in [0.717, 1.165) is 0 Å². The minimum atomic E-state index is -0.835. The molecule has 0 saturated carbocycles. The van der Waals surface area contributed by atoms with E-state index in [9.17, 15) is 4.79 Å². The number of aliphatic hydroxyl groups excluding tert-OH is 1. The molecule has 0 atom stereocenters. The van der Waals surface area contributed by atoms with Gasteiger partial charge in [0.05, 0.1) is 13.0 Å². The molecule has 0 unspecified atom stereocenters. The molecule has 5 heteroatoms. The monoisotopic (exact) mass is 184 g/mol. The van der Waals surface area contributed by atoms with Gasteiger partial charge in [-0.25, -0.2) is 4.98 Å². The fourth-order valence-corrected chi connectivity index (χ4v) is 1.10. The van der Waals surface area contributed by atoms with Crippen LogP contribution in [0.4, 0.5) is 0 Å². The van der Waals surface area contributed by atoms with Crippen LogP contribution in [0.25, 0.3) is 0 Å². The zero-order valence-electron chi connectivity index (χ0n) is 7.18. The number of hydrogen-bond donors (Lipinski definition) is 2. The number of imidazole rings is 1. The average Bonchev–Trinajstić information content (AvgIpc) is 2.49. The van der Waals surface area contributed by atoms with E-state index >= 15 is 0 Å². The molecule has 0 bridgehead atoms. The molecule has 1 aromatic rings. The minimum absolute atomic E-state index is 0.0381. The Morgan fingerprint density at radius 3 is 3.00 bits per heavy atom.